The first-order valence-electron chi connectivity index (χ1n) is 7.42. The number of hydrogen-bond acceptors (Lipinski definition) is 3. The van der Waals surface area contributed by atoms with Crippen molar-refractivity contribution in [1.29, 1.82) is 5.26 Å². The van der Waals surface area contributed by atoms with E-state index in [-0.39, 0.29) is 16.6 Å². The van der Waals surface area contributed by atoms with Crippen LogP contribution in [-0.4, -0.2) is 19.3 Å². The first-order valence-corrected chi connectivity index (χ1v) is 7.80. The number of aromatic nitrogens is 4. The Kier molecular flexibility index (Phi) is 4.36. The first-order chi connectivity index (χ1) is 11.5. The molecule has 0 N–H and O–H groups in total. The van der Waals surface area contributed by atoms with Gasteiger partial charge in [0.2, 0.25) is 0 Å². The molecule has 7 heteroatoms. The molecule has 0 saturated heterocycles. The van der Waals surface area contributed by atoms with Crippen LogP contribution in [0.4, 0.5) is 4.39 Å². The van der Waals surface area contributed by atoms with Crippen molar-refractivity contribution in [2.75, 3.05) is 0 Å². The molecule has 122 valence electrons. The molecule has 1 atom stereocenters. The Morgan fingerprint density at radius 2 is 2.17 bits per heavy atom. The fourth-order valence-corrected chi connectivity index (χ4v) is 2.91. The van der Waals surface area contributed by atoms with Crippen molar-refractivity contribution >= 4 is 11.6 Å². The van der Waals surface area contributed by atoms with Crippen LogP contribution in [0.5, 0.6) is 0 Å². The molecule has 0 amide bonds. The van der Waals surface area contributed by atoms with Crippen LogP contribution in [0.3, 0.4) is 0 Å². The van der Waals surface area contributed by atoms with E-state index in [1.807, 2.05) is 19.3 Å². The number of benzene rings is 1. The minimum atomic E-state index is -0.642. The molecule has 3 rings (SSSR count). The van der Waals surface area contributed by atoms with Crippen LogP contribution in [0.25, 0.3) is 11.3 Å². The fourth-order valence-electron chi connectivity index (χ4n) is 2.66. The summed E-state index contributed by atoms with van der Waals surface area (Å²) in [5, 5.41) is 13.4. The molecule has 0 saturated carbocycles. The van der Waals surface area contributed by atoms with Crippen LogP contribution in [-0.2, 0) is 6.54 Å². The molecule has 3 aromatic rings. The van der Waals surface area contributed by atoms with Gasteiger partial charge >= 0.3 is 0 Å². The van der Waals surface area contributed by atoms with Crippen molar-refractivity contribution in [3.63, 3.8) is 0 Å². The highest BCUT2D eigenvalue weighted by atomic mass is 35.5. The average molecular weight is 344 g/mol. The fraction of sp³-hybridized carbons (Fsp3) is 0.235. The van der Waals surface area contributed by atoms with Gasteiger partial charge in [-0.2, -0.15) is 10.4 Å². The van der Waals surface area contributed by atoms with Crippen LogP contribution in [0.2, 0.25) is 5.02 Å². The second-order valence-electron chi connectivity index (χ2n) is 5.58. The smallest absolute Gasteiger partial charge is 0.143 e. The van der Waals surface area contributed by atoms with Gasteiger partial charge in [-0.3, -0.25) is 4.68 Å². The summed E-state index contributed by atoms with van der Waals surface area (Å²) in [5.41, 5.74) is 1.00. The van der Waals surface area contributed by atoms with Crippen molar-refractivity contribution in [2.24, 2.45) is 0 Å². The Bertz CT molecular complexity index is 898. The van der Waals surface area contributed by atoms with Crippen molar-refractivity contribution in [2.45, 2.75) is 26.4 Å². The standard InChI is InChI=1S/C17H15ClFN5/c1-11(24-6-4-21-12(24)2)10-23-5-3-17(22-23)13-7-15(18)14(9-20)16(19)8-13/h3-8,11H,10H2,1-2H3/t11-/m1/s1. The van der Waals surface area contributed by atoms with Crippen LogP contribution in [0.1, 0.15) is 24.4 Å². The minimum absolute atomic E-state index is 0.0875. The lowest BCUT2D eigenvalue weighted by molar-refractivity contribution is 0.431. The molecule has 0 aliphatic carbocycles. The molecule has 0 aliphatic rings. The molecular weight excluding hydrogens is 329 g/mol. The van der Waals surface area contributed by atoms with Gasteiger partial charge in [0.15, 0.2) is 0 Å². The van der Waals surface area contributed by atoms with Gasteiger partial charge in [0.1, 0.15) is 23.3 Å². The van der Waals surface area contributed by atoms with E-state index >= 15 is 0 Å². The zero-order valence-electron chi connectivity index (χ0n) is 13.2. The lowest BCUT2D eigenvalue weighted by Crippen LogP contribution is -2.14. The SMILES string of the molecule is Cc1nccn1[C@H](C)Cn1ccc(-c2cc(F)c(C#N)c(Cl)c2)n1. The normalized spacial score (nSPS) is 12.1. The summed E-state index contributed by atoms with van der Waals surface area (Å²) in [5.74, 6) is 0.299. The lowest BCUT2D eigenvalue weighted by Gasteiger charge is -2.15. The summed E-state index contributed by atoms with van der Waals surface area (Å²) in [7, 11) is 0. The van der Waals surface area contributed by atoms with Crippen molar-refractivity contribution in [3.8, 4) is 17.3 Å². The van der Waals surface area contributed by atoms with E-state index in [0.29, 0.717) is 17.8 Å². The minimum Gasteiger partial charge on any atom is -0.331 e. The van der Waals surface area contributed by atoms with Crippen LogP contribution < -0.4 is 0 Å². The molecule has 1 aromatic carbocycles. The summed E-state index contributed by atoms with van der Waals surface area (Å²) in [6, 6.07) is 6.56. The molecule has 24 heavy (non-hydrogen) atoms. The van der Waals surface area contributed by atoms with Gasteiger partial charge in [-0.15, -0.1) is 0 Å². The zero-order chi connectivity index (χ0) is 17.3. The molecule has 5 nitrogen and oxygen atoms in total. The topological polar surface area (TPSA) is 59.4 Å². The highest BCUT2D eigenvalue weighted by molar-refractivity contribution is 6.32. The third-order valence-electron chi connectivity index (χ3n) is 3.88. The Morgan fingerprint density at radius 3 is 2.79 bits per heavy atom. The Balaban J connectivity index is 1.84. The zero-order valence-corrected chi connectivity index (χ0v) is 14.0. The summed E-state index contributed by atoms with van der Waals surface area (Å²) >= 11 is 5.95. The predicted octanol–water partition coefficient (Wildman–Crippen LogP) is 3.98. The number of nitriles is 1. The number of imidazole rings is 1. The Morgan fingerprint density at radius 1 is 1.38 bits per heavy atom. The lowest BCUT2D eigenvalue weighted by atomic mass is 10.1. The van der Waals surface area contributed by atoms with Gasteiger partial charge in [0.25, 0.3) is 0 Å². The molecule has 2 aromatic heterocycles. The quantitative estimate of drug-likeness (QED) is 0.720. The van der Waals surface area contributed by atoms with E-state index in [9.17, 15) is 4.39 Å². The molecular formula is C17H15ClFN5. The van der Waals surface area contributed by atoms with Crippen LogP contribution in [0.15, 0.2) is 36.8 Å². The summed E-state index contributed by atoms with van der Waals surface area (Å²) in [6.45, 7) is 4.69. The summed E-state index contributed by atoms with van der Waals surface area (Å²) < 4.78 is 17.8. The molecule has 0 aliphatic heterocycles. The third-order valence-corrected chi connectivity index (χ3v) is 4.18. The number of rotatable bonds is 4. The number of halogens is 2. The van der Waals surface area contributed by atoms with E-state index in [1.54, 1.807) is 29.1 Å². The largest absolute Gasteiger partial charge is 0.331 e. The van der Waals surface area contributed by atoms with Crippen molar-refractivity contribution in [3.05, 3.63) is 59.0 Å². The molecule has 0 unspecified atom stereocenters. The van der Waals surface area contributed by atoms with E-state index in [1.165, 1.54) is 6.07 Å². The highest BCUT2D eigenvalue weighted by Crippen LogP contribution is 2.27. The summed E-state index contributed by atoms with van der Waals surface area (Å²) in [6.07, 6.45) is 5.53. The van der Waals surface area contributed by atoms with Gasteiger partial charge in [0, 0.05) is 24.2 Å². The molecule has 0 bridgehead atoms. The Labute approximate surface area is 143 Å². The predicted molar refractivity (Wildman–Crippen MR) is 89.0 cm³/mol. The number of aryl methyl sites for hydroxylation is 1. The van der Waals surface area contributed by atoms with Gasteiger partial charge in [-0.1, -0.05) is 11.6 Å². The van der Waals surface area contributed by atoms with Gasteiger partial charge in [0.05, 0.1) is 23.3 Å². The van der Waals surface area contributed by atoms with E-state index in [4.69, 9.17) is 16.9 Å². The van der Waals surface area contributed by atoms with Crippen LogP contribution in [0, 0.1) is 24.1 Å². The second kappa shape index (κ2) is 6.46. The monoisotopic (exact) mass is 343 g/mol. The number of hydrogen-bond donors (Lipinski definition) is 0. The average Bonchev–Trinajstić information content (AvgIpc) is 3.16. The Hall–Kier alpha value is -2.65. The first kappa shape index (κ1) is 16.2. The third kappa shape index (κ3) is 3.03. The second-order valence-corrected chi connectivity index (χ2v) is 5.99. The van der Waals surface area contributed by atoms with Crippen molar-refractivity contribution < 1.29 is 4.39 Å². The maximum Gasteiger partial charge on any atom is 0.143 e. The van der Waals surface area contributed by atoms with Crippen LogP contribution >= 0.6 is 11.6 Å². The van der Waals surface area contributed by atoms with Crippen molar-refractivity contribution in [1.82, 2.24) is 19.3 Å². The maximum absolute atomic E-state index is 13.9. The van der Waals surface area contributed by atoms with Gasteiger partial charge in [-0.25, -0.2) is 9.37 Å². The molecule has 2 heterocycles. The molecule has 0 fully saturated rings. The summed E-state index contributed by atoms with van der Waals surface area (Å²) in [4.78, 5) is 4.22. The molecule has 0 radical (unpaired) electrons. The molecule has 0 spiro atoms. The highest BCUT2D eigenvalue weighted by Gasteiger charge is 2.13. The van der Waals surface area contributed by atoms with E-state index < -0.39 is 5.82 Å². The number of nitrogens with zero attached hydrogens (tertiary/aromatic N) is 5. The van der Waals surface area contributed by atoms with E-state index in [0.717, 1.165) is 5.82 Å². The van der Waals surface area contributed by atoms with E-state index in [2.05, 4.69) is 21.6 Å². The van der Waals surface area contributed by atoms with Gasteiger partial charge in [-0.05, 0) is 32.0 Å². The van der Waals surface area contributed by atoms with Gasteiger partial charge < -0.3 is 4.57 Å². The maximum atomic E-state index is 13.9.